The second kappa shape index (κ2) is 6.74. The van der Waals surface area contributed by atoms with Crippen LogP contribution in [0.1, 0.15) is 38.3 Å². The van der Waals surface area contributed by atoms with Crippen LogP contribution < -0.4 is 16.1 Å². The summed E-state index contributed by atoms with van der Waals surface area (Å²) in [6, 6.07) is 12.1. The lowest BCUT2D eigenvalue weighted by atomic mass is 9.73. The number of fused-ring (bicyclic) bond motifs is 2. The van der Waals surface area contributed by atoms with E-state index in [0.717, 1.165) is 17.1 Å². The standard InChI is InChI=1S/C24H21ClN2O3/c1-24(2)10-18-21(19(28)11-24)22(27-17-6-4-3-5-16(17)26-18)15-12-30-20-8-7-13(25)9-14(20)23(15)29/h3-9,12,22,26-27H,10-11H2,1-2H3. The largest absolute Gasteiger partial charge is 0.464 e. The van der Waals surface area contributed by atoms with Crippen molar-refractivity contribution in [3.8, 4) is 0 Å². The third kappa shape index (κ3) is 3.10. The predicted octanol–water partition coefficient (Wildman–Crippen LogP) is 5.67. The molecular weight excluding hydrogens is 400 g/mol. The van der Waals surface area contributed by atoms with Gasteiger partial charge in [-0.2, -0.15) is 0 Å². The van der Waals surface area contributed by atoms with Crippen molar-refractivity contribution < 1.29 is 9.21 Å². The number of rotatable bonds is 1. The van der Waals surface area contributed by atoms with E-state index in [9.17, 15) is 9.59 Å². The van der Waals surface area contributed by atoms with Gasteiger partial charge in [-0.25, -0.2) is 0 Å². The molecule has 0 saturated carbocycles. The van der Waals surface area contributed by atoms with E-state index < -0.39 is 6.04 Å². The second-order valence-corrected chi connectivity index (χ2v) is 9.18. The van der Waals surface area contributed by atoms with Crippen LogP contribution in [0.25, 0.3) is 11.0 Å². The monoisotopic (exact) mass is 420 g/mol. The van der Waals surface area contributed by atoms with E-state index in [1.54, 1.807) is 18.2 Å². The molecule has 2 aliphatic rings. The lowest BCUT2D eigenvalue weighted by Gasteiger charge is -2.33. The molecular formula is C24H21ClN2O3. The third-order valence-electron chi connectivity index (χ3n) is 5.79. The number of hydrogen-bond acceptors (Lipinski definition) is 5. The number of Topliss-reactive ketones (excluding diaryl/α,β-unsaturated/α-hetero) is 1. The minimum Gasteiger partial charge on any atom is -0.464 e. The van der Waals surface area contributed by atoms with Crippen LogP contribution >= 0.6 is 11.6 Å². The van der Waals surface area contributed by atoms with Gasteiger partial charge in [0.2, 0.25) is 0 Å². The van der Waals surface area contributed by atoms with E-state index in [1.807, 2.05) is 24.3 Å². The highest BCUT2D eigenvalue weighted by Gasteiger charge is 2.39. The Labute approximate surface area is 178 Å². The summed E-state index contributed by atoms with van der Waals surface area (Å²) < 4.78 is 5.76. The maximum Gasteiger partial charge on any atom is 0.198 e. The Morgan fingerprint density at radius 2 is 1.83 bits per heavy atom. The van der Waals surface area contributed by atoms with Crippen molar-refractivity contribution in [2.45, 2.75) is 32.7 Å². The Morgan fingerprint density at radius 3 is 2.63 bits per heavy atom. The highest BCUT2D eigenvalue weighted by molar-refractivity contribution is 6.31. The summed E-state index contributed by atoms with van der Waals surface area (Å²) >= 11 is 6.12. The van der Waals surface area contributed by atoms with E-state index in [-0.39, 0.29) is 16.6 Å². The molecule has 1 aromatic heterocycles. The maximum atomic E-state index is 13.4. The van der Waals surface area contributed by atoms with Gasteiger partial charge >= 0.3 is 0 Å². The lowest BCUT2D eigenvalue weighted by molar-refractivity contribution is -0.118. The number of anilines is 2. The minimum atomic E-state index is -0.612. The molecule has 1 unspecified atom stereocenters. The van der Waals surface area contributed by atoms with Crippen LogP contribution in [0.5, 0.6) is 0 Å². The van der Waals surface area contributed by atoms with Gasteiger partial charge in [0.25, 0.3) is 0 Å². The number of halogens is 1. The molecule has 0 fully saturated rings. The van der Waals surface area contributed by atoms with Crippen molar-refractivity contribution in [1.82, 2.24) is 0 Å². The lowest BCUT2D eigenvalue weighted by Crippen LogP contribution is -2.33. The minimum absolute atomic E-state index is 0.0321. The number of allylic oxidation sites excluding steroid dienone is 1. The van der Waals surface area contributed by atoms with E-state index in [1.165, 1.54) is 6.26 Å². The zero-order valence-corrected chi connectivity index (χ0v) is 17.5. The van der Waals surface area contributed by atoms with Gasteiger partial charge in [0.15, 0.2) is 11.2 Å². The van der Waals surface area contributed by atoms with Crippen molar-refractivity contribution in [3.63, 3.8) is 0 Å². The Morgan fingerprint density at radius 1 is 1.07 bits per heavy atom. The zero-order valence-electron chi connectivity index (χ0n) is 16.7. The van der Waals surface area contributed by atoms with Crippen LogP contribution in [0, 0.1) is 5.41 Å². The first kappa shape index (κ1) is 18.9. The summed E-state index contributed by atoms with van der Waals surface area (Å²) in [5.74, 6) is 0.0321. The first-order chi connectivity index (χ1) is 14.3. The highest BCUT2D eigenvalue weighted by atomic mass is 35.5. The van der Waals surface area contributed by atoms with Gasteiger partial charge in [-0.05, 0) is 42.2 Å². The fourth-order valence-electron chi connectivity index (χ4n) is 4.44. The average Bonchev–Trinajstić information content (AvgIpc) is 2.84. The first-order valence-electron chi connectivity index (χ1n) is 9.92. The van der Waals surface area contributed by atoms with E-state index in [2.05, 4.69) is 24.5 Å². The van der Waals surface area contributed by atoms with Crippen molar-refractivity contribution in [2.24, 2.45) is 5.41 Å². The molecule has 2 N–H and O–H groups in total. The molecule has 0 amide bonds. The summed E-state index contributed by atoms with van der Waals surface area (Å²) in [5.41, 5.74) is 3.66. The Bertz CT molecular complexity index is 1290. The van der Waals surface area contributed by atoms with E-state index >= 15 is 0 Å². The Hall–Kier alpha value is -3.05. The molecule has 0 bridgehead atoms. The fraction of sp³-hybridized carbons (Fsp3) is 0.250. The average molecular weight is 421 g/mol. The quantitative estimate of drug-likeness (QED) is 0.530. The Balaban J connectivity index is 1.75. The molecule has 1 atom stereocenters. The number of benzene rings is 2. The SMILES string of the molecule is CC1(C)CC(=O)C2=C(C1)Nc1ccccc1NC2c1coc2ccc(Cl)cc2c1=O. The van der Waals surface area contributed by atoms with E-state index in [4.69, 9.17) is 16.0 Å². The molecule has 30 heavy (non-hydrogen) atoms. The number of hydrogen-bond donors (Lipinski definition) is 2. The van der Waals surface area contributed by atoms with Gasteiger partial charge in [-0.3, -0.25) is 9.59 Å². The van der Waals surface area contributed by atoms with Gasteiger partial charge in [0.05, 0.1) is 28.4 Å². The molecule has 5 nitrogen and oxygen atoms in total. The number of nitrogens with one attached hydrogen (secondary N) is 2. The molecule has 0 spiro atoms. The molecule has 1 aliphatic heterocycles. The molecule has 3 aromatic rings. The molecule has 2 heterocycles. The Kier molecular flexibility index (Phi) is 4.26. The van der Waals surface area contributed by atoms with Crippen molar-refractivity contribution >= 4 is 39.7 Å². The van der Waals surface area contributed by atoms with Gasteiger partial charge < -0.3 is 15.1 Å². The second-order valence-electron chi connectivity index (χ2n) is 8.74. The van der Waals surface area contributed by atoms with Crippen LogP contribution in [0.2, 0.25) is 5.02 Å². The van der Waals surface area contributed by atoms with Crippen molar-refractivity contribution in [1.29, 1.82) is 0 Å². The molecule has 152 valence electrons. The summed E-state index contributed by atoms with van der Waals surface area (Å²) in [4.78, 5) is 26.7. The number of para-hydroxylation sites is 2. The van der Waals surface area contributed by atoms with Crippen LogP contribution in [-0.2, 0) is 4.79 Å². The smallest absolute Gasteiger partial charge is 0.198 e. The highest BCUT2D eigenvalue weighted by Crippen LogP contribution is 2.45. The summed E-state index contributed by atoms with van der Waals surface area (Å²) in [7, 11) is 0. The van der Waals surface area contributed by atoms with Crippen LogP contribution in [0.3, 0.4) is 0 Å². The van der Waals surface area contributed by atoms with Crippen molar-refractivity contribution in [3.05, 3.63) is 80.8 Å². The predicted molar refractivity (Wildman–Crippen MR) is 119 cm³/mol. The topological polar surface area (TPSA) is 71.3 Å². The van der Waals surface area contributed by atoms with Gasteiger partial charge in [0, 0.05) is 22.7 Å². The summed E-state index contributed by atoms with van der Waals surface area (Å²) in [6.07, 6.45) is 2.60. The third-order valence-corrected chi connectivity index (χ3v) is 6.03. The van der Waals surface area contributed by atoms with Crippen LogP contribution in [-0.4, -0.2) is 5.78 Å². The van der Waals surface area contributed by atoms with Crippen LogP contribution in [0.4, 0.5) is 11.4 Å². The van der Waals surface area contributed by atoms with Crippen LogP contribution in [0.15, 0.2) is 69.2 Å². The molecule has 2 aromatic carbocycles. The van der Waals surface area contributed by atoms with E-state index in [0.29, 0.717) is 40.0 Å². The van der Waals surface area contributed by atoms with Gasteiger partial charge in [-0.15, -0.1) is 0 Å². The molecule has 0 saturated heterocycles. The molecule has 1 aliphatic carbocycles. The summed E-state index contributed by atoms with van der Waals surface area (Å²) in [6.45, 7) is 4.17. The molecule has 5 rings (SSSR count). The first-order valence-corrected chi connectivity index (χ1v) is 10.3. The summed E-state index contributed by atoms with van der Waals surface area (Å²) in [5, 5.41) is 7.74. The molecule has 0 radical (unpaired) electrons. The number of carbonyl (C=O) groups is 1. The molecule has 6 heteroatoms. The fourth-order valence-corrected chi connectivity index (χ4v) is 4.61. The van der Waals surface area contributed by atoms with Gasteiger partial charge in [-0.1, -0.05) is 37.6 Å². The zero-order chi connectivity index (χ0) is 21.0. The number of carbonyl (C=O) groups excluding carboxylic acids is 1. The maximum absolute atomic E-state index is 13.4. The van der Waals surface area contributed by atoms with Gasteiger partial charge in [0.1, 0.15) is 11.8 Å². The normalized spacial score (nSPS) is 20.1. The van der Waals surface area contributed by atoms with Crippen molar-refractivity contribution in [2.75, 3.05) is 10.6 Å². The number of ketones is 1.